The van der Waals surface area contributed by atoms with E-state index in [1.807, 2.05) is 40.0 Å². The first kappa shape index (κ1) is 17.7. The maximum Gasteiger partial charge on any atom is 0.244 e. The second-order valence-corrected chi connectivity index (χ2v) is 7.64. The predicted molar refractivity (Wildman–Crippen MR) is 99.9 cm³/mol. The van der Waals surface area contributed by atoms with Crippen molar-refractivity contribution in [3.05, 3.63) is 42.4 Å². The zero-order valence-corrected chi connectivity index (χ0v) is 15.6. The molecule has 1 aromatic carbocycles. The summed E-state index contributed by atoms with van der Waals surface area (Å²) in [5, 5.41) is 23.8. The van der Waals surface area contributed by atoms with E-state index in [2.05, 4.69) is 15.4 Å². The molecule has 1 fully saturated rings. The molecule has 3 aromatic rings. The largest absolute Gasteiger partial charge is 0.384 e. The average Bonchev–Trinajstić information content (AvgIpc) is 3.28. The normalized spacial score (nSPS) is 16.2. The number of amides is 1. The summed E-state index contributed by atoms with van der Waals surface area (Å²) in [5.41, 5.74) is 0.465. The summed E-state index contributed by atoms with van der Waals surface area (Å²) in [7, 11) is 0. The molecule has 3 heterocycles. The van der Waals surface area contributed by atoms with Crippen LogP contribution in [0.1, 0.15) is 38.4 Å². The molecule has 0 bridgehead atoms. The highest BCUT2D eigenvalue weighted by atomic mass is 16.3. The third kappa shape index (κ3) is 3.71. The minimum atomic E-state index is -0.998. The van der Waals surface area contributed by atoms with Crippen LogP contribution in [-0.2, 0) is 16.9 Å². The highest BCUT2D eigenvalue weighted by Crippen LogP contribution is 2.24. The van der Waals surface area contributed by atoms with E-state index in [1.54, 1.807) is 24.7 Å². The SMILES string of the molecule is CC(C)(O)c1cn(C2CCN(C(=O)Cn3cc4ccccc4n3)CC2)nn1. The fraction of sp³-hybridized carbons (Fsp3) is 0.474. The average molecular weight is 368 g/mol. The molecular formula is C19H24N6O2. The Hall–Kier alpha value is -2.74. The highest BCUT2D eigenvalue weighted by molar-refractivity contribution is 5.79. The Morgan fingerprint density at radius 2 is 1.96 bits per heavy atom. The molecule has 0 unspecified atom stereocenters. The lowest BCUT2D eigenvalue weighted by Crippen LogP contribution is -2.40. The van der Waals surface area contributed by atoms with Crippen LogP contribution in [-0.4, -0.2) is 53.8 Å². The lowest BCUT2D eigenvalue weighted by Gasteiger charge is -2.31. The number of rotatable bonds is 4. The Labute approximate surface area is 157 Å². The standard InChI is InChI=1S/C19H24N6O2/c1-19(2,27)17-12-25(22-20-17)15-7-9-23(10-8-15)18(26)13-24-11-14-5-3-4-6-16(14)21-24/h3-6,11-12,15,27H,7-10,13H2,1-2H3. The Morgan fingerprint density at radius 1 is 1.22 bits per heavy atom. The minimum absolute atomic E-state index is 0.0806. The molecule has 1 saturated heterocycles. The first-order valence-electron chi connectivity index (χ1n) is 9.25. The molecule has 1 N–H and O–H groups in total. The summed E-state index contributed by atoms with van der Waals surface area (Å²) in [6.45, 7) is 5.01. The molecular weight excluding hydrogens is 344 g/mol. The van der Waals surface area contributed by atoms with Crippen LogP contribution in [0.5, 0.6) is 0 Å². The number of aromatic nitrogens is 5. The zero-order chi connectivity index (χ0) is 19.0. The van der Waals surface area contributed by atoms with E-state index in [-0.39, 0.29) is 18.5 Å². The van der Waals surface area contributed by atoms with Gasteiger partial charge in [-0.15, -0.1) is 5.10 Å². The summed E-state index contributed by atoms with van der Waals surface area (Å²) in [6.07, 6.45) is 5.36. The van der Waals surface area contributed by atoms with E-state index in [0.717, 1.165) is 23.7 Å². The molecule has 8 nitrogen and oxygen atoms in total. The predicted octanol–water partition coefficient (Wildman–Crippen LogP) is 1.72. The molecule has 0 atom stereocenters. The third-order valence-electron chi connectivity index (χ3n) is 5.09. The van der Waals surface area contributed by atoms with Gasteiger partial charge in [0.05, 0.1) is 17.8 Å². The molecule has 0 saturated carbocycles. The van der Waals surface area contributed by atoms with Crippen LogP contribution in [0.25, 0.3) is 10.9 Å². The van der Waals surface area contributed by atoms with Crippen LogP contribution >= 0.6 is 0 Å². The van der Waals surface area contributed by atoms with Gasteiger partial charge in [-0.2, -0.15) is 5.10 Å². The van der Waals surface area contributed by atoms with Gasteiger partial charge < -0.3 is 10.0 Å². The second kappa shape index (κ2) is 6.77. The highest BCUT2D eigenvalue weighted by Gasteiger charge is 2.27. The first-order chi connectivity index (χ1) is 12.9. The number of nitrogens with zero attached hydrogens (tertiary/aromatic N) is 6. The molecule has 2 aromatic heterocycles. The molecule has 1 amide bonds. The molecule has 8 heteroatoms. The molecule has 0 aliphatic carbocycles. The van der Waals surface area contributed by atoms with E-state index in [0.29, 0.717) is 18.8 Å². The van der Waals surface area contributed by atoms with Gasteiger partial charge in [0.1, 0.15) is 17.8 Å². The van der Waals surface area contributed by atoms with Crippen molar-refractivity contribution in [2.45, 2.75) is 44.9 Å². The summed E-state index contributed by atoms with van der Waals surface area (Å²) >= 11 is 0. The van der Waals surface area contributed by atoms with Crippen molar-refractivity contribution in [3.63, 3.8) is 0 Å². The fourth-order valence-corrected chi connectivity index (χ4v) is 3.45. The van der Waals surface area contributed by atoms with Gasteiger partial charge in [-0.1, -0.05) is 23.4 Å². The number of hydrogen-bond donors (Lipinski definition) is 1. The van der Waals surface area contributed by atoms with E-state index in [9.17, 15) is 9.90 Å². The number of likely N-dealkylation sites (tertiary alicyclic amines) is 1. The number of piperidine rings is 1. The van der Waals surface area contributed by atoms with Crippen LogP contribution in [0, 0.1) is 0 Å². The van der Waals surface area contributed by atoms with Crippen LogP contribution in [0.2, 0.25) is 0 Å². The van der Waals surface area contributed by atoms with Gasteiger partial charge >= 0.3 is 0 Å². The number of aliphatic hydroxyl groups is 1. The smallest absolute Gasteiger partial charge is 0.244 e. The Morgan fingerprint density at radius 3 is 2.63 bits per heavy atom. The van der Waals surface area contributed by atoms with Gasteiger partial charge in [0.15, 0.2) is 0 Å². The Balaban J connectivity index is 1.35. The summed E-state index contributed by atoms with van der Waals surface area (Å²) in [6, 6.07) is 8.05. The molecule has 4 rings (SSSR count). The quantitative estimate of drug-likeness (QED) is 0.757. The number of hydrogen-bond acceptors (Lipinski definition) is 5. The van der Waals surface area contributed by atoms with Gasteiger partial charge in [0, 0.05) is 24.7 Å². The number of carbonyl (C=O) groups excluding carboxylic acids is 1. The van der Waals surface area contributed by atoms with Gasteiger partial charge in [0.2, 0.25) is 5.91 Å². The van der Waals surface area contributed by atoms with Crippen molar-refractivity contribution >= 4 is 16.8 Å². The van der Waals surface area contributed by atoms with Crippen LogP contribution in [0.4, 0.5) is 0 Å². The van der Waals surface area contributed by atoms with Crippen molar-refractivity contribution in [1.29, 1.82) is 0 Å². The van der Waals surface area contributed by atoms with E-state index >= 15 is 0 Å². The van der Waals surface area contributed by atoms with Crippen LogP contribution in [0.15, 0.2) is 36.7 Å². The van der Waals surface area contributed by atoms with Gasteiger partial charge in [0.25, 0.3) is 0 Å². The van der Waals surface area contributed by atoms with Gasteiger partial charge in [-0.05, 0) is 32.8 Å². The number of fused-ring (bicyclic) bond motifs is 1. The molecule has 142 valence electrons. The number of carbonyl (C=O) groups is 1. The maximum atomic E-state index is 12.6. The maximum absolute atomic E-state index is 12.6. The molecule has 0 radical (unpaired) electrons. The van der Waals surface area contributed by atoms with Crippen molar-refractivity contribution in [1.82, 2.24) is 29.7 Å². The third-order valence-corrected chi connectivity index (χ3v) is 5.09. The van der Waals surface area contributed by atoms with Crippen molar-refractivity contribution in [2.24, 2.45) is 0 Å². The van der Waals surface area contributed by atoms with Crippen molar-refractivity contribution in [2.75, 3.05) is 13.1 Å². The second-order valence-electron chi connectivity index (χ2n) is 7.64. The van der Waals surface area contributed by atoms with Gasteiger partial charge in [-0.3, -0.25) is 9.48 Å². The fourth-order valence-electron chi connectivity index (χ4n) is 3.45. The minimum Gasteiger partial charge on any atom is -0.384 e. The van der Waals surface area contributed by atoms with E-state index < -0.39 is 5.60 Å². The van der Waals surface area contributed by atoms with E-state index in [4.69, 9.17) is 0 Å². The lowest BCUT2D eigenvalue weighted by atomic mass is 10.0. The lowest BCUT2D eigenvalue weighted by molar-refractivity contribution is -0.133. The first-order valence-corrected chi connectivity index (χ1v) is 9.25. The summed E-state index contributed by atoms with van der Waals surface area (Å²) in [4.78, 5) is 14.5. The molecule has 1 aliphatic rings. The molecule has 0 spiro atoms. The summed E-state index contributed by atoms with van der Waals surface area (Å²) in [5.74, 6) is 0.0806. The van der Waals surface area contributed by atoms with Crippen molar-refractivity contribution < 1.29 is 9.90 Å². The summed E-state index contributed by atoms with van der Waals surface area (Å²) < 4.78 is 3.53. The van der Waals surface area contributed by atoms with E-state index in [1.165, 1.54) is 0 Å². The molecule has 27 heavy (non-hydrogen) atoms. The topological polar surface area (TPSA) is 89.1 Å². The van der Waals surface area contributed by atoms with Crippen LogP contribution in [0.3, 0.4) is 0 Å². The Bertz CT molecular complexity index is 913. The number of benzene rings is 1. The van der Waals surface area contributed by atoms with Crippen molar-refractivity contribution in [3.8, 4) is 0 Å². The van der Waals surface area contributed by atoms with Gasteiger partial charge in [-0.25, -0.2) is 4.68 Å². The van der Waals surface area contributed by atoms with Crippen LogP contribution < -0.4 is 0 Å². The monoisotopic (exact) mass is 368 g/mol. The molecule has 1 aliphatic heterocycles. The zero-order valence-electron chi connectivity index (χ0n) is 15.6. The Kier molecular flexibility index (Phi) is 4.43.